The molecule has 0 radical (unpaired) electrons. The Morgan fingerprint density at radius 3 is 2.63 bits per heavy atom. The van der Waals surface area contributed by atoms with Gasteiger partial charge in [0.15, 0.2) is 0 Å². The fraction of sp³-hybridized carbons (Fsp3) is 0.458. The zero-order valence-corrected chi connectivity index (χ0v) is 19.7. The Morgan fingerprint density at radius 1 is 1.17 bits per heavy atom. The van der Waals surface area contributed by atoms with Crippen LogP contribution in [0.1, 0.15) is 36.3 Å². The number of pyridine rings is 1. The molecule has 2 fully saturated rings. The summed E-state index contributed by atoms with van der Waals surface area (Å²) >= 11 is 1.49. The molecule has 0 unspecified atom stereocenters. The minimum Gasteiger partial charge on any atom is -0.383 e. The summed E-state index contributed by atoms with van der Waals surface area (Å²) in [6.45, 7) is 1.45. The Morgan fingerprint density at radius 2 is 1.94 bits per heavy atom. The van der Waals surface area contributed by atoms with Gasteiger partial charge in [0.05, 0.1) is 23.7 Å². The Bertz CT molecular complexity index is 1190. The Balaban J connectivity index is 1.10. The van der Waals surface area contributed by atoms with E-state index in [1.54, 1.807) is 12.3 Å². The fourth-order valence-corrected chi connectivity index (χ4v) is 5.74. The highest BCUT2D eigenvalue weighted by atomic mass is 32.1. The molecule has 186 valence electrons. The first-order valence-corrected chi connectivity index (χ1v) is 12.4. The third-order valence-electron chi connectivity index (χ3n) is 6.91. The van der Waals surface area contributed by atoms with Gasteiger partial charge in [0, 0.05) is 48.0 Å². The molecule has 0 bridgehead atoms. The van der Waals surface area contributed by atoms with Gasteiger partial charge in [-0.05, 0) is 49.9 Å². The van der Waals surface area contributed by atoms with E-state index < -0.39 is 17.3 Å². The molecule has 1 aliphatic carbocycles. The van der Waals surface area contributed by atoms with Gasteiger partial charge in [-0.15, -0.1) is 11.3 Å². The number of nitrogens with one attached hydrogen (secondary N) is 2. The summed E-state index contributed by atoms with van der Waals surface area (Å²) in [6.07, 6.45) is 1.89. The smallest absolute Gasteiger partial charge is 0.383 e. The van der Waals surface area contributed by atoms with Crippen molar-refractivity contribution in [2.75, 3.05) is 25.0 Å². The number of halogens is 3. The number of benzene rings is 1. The molecule has 2 aromatic heterocycles. The number of aliphatic hydroxyl groups is 1. The van der Waals surface area contributed by atoms with Crippen molar-refractivity contribution in [3.63, 3.8) is 0 Å². The molecule has 1 aromatic carbocycles. The van der Waals surface area contributed by atoms with Gasteiger partial charge in [-0.25, -0.2) is 4.98 Å². The third kappa shape index (κ3) is 5.12. The predicted octanol–water partition coefficient (Wildman–Crippen LogP) is 3.75. The second-order valence-corrected chi connectivity index (χ2v) is 10.2. The van der Waals surface area contributed by atoms with Crippen LogP contribution in [0.4, 0.5) is 18.9 Å². The molecule has 1 amide bonds. The van der Waals surface area contributed by atoms with Crippen LogP contribution in [0.25, 0.3) is 10.9 Å². The average Bonchev–Trinajstić information content (AvgIpc) is 3.36. The van der Waals surface area contributed by atoms with Crippen molar-refractivity contribution >= 4 is 33.8 Å². The number of amides is 1. The molecule has 1 saturated heterocycles. The van der Waals surface area contributed by atoms with Crippen LogP contribution in [0.2, 0.25) is 0 Å². The van der Waals surface area contributed by atoms with Gasteiger partial charge in [0.2, 0.25) is 5.91 Å². The Kier molecular flexibility index (Phi) is 6.41. The van der Waals surface area contributed by atoms with Crippen molar-refractivity contribution in [2.45, 2.75) is 49.5 Å². The standard InChI is InChI=1S/C24H26F3N5O2S/c25-24(26,27)15-1-2-19-18(11-15)20(5-8-28-19)30-12-21(33)31-16-13-32(14-16)17-3-6-23(34,7-4-17)22-29-9-10-35-22/h1-2,5,8-11,16-17,34H,3-4,6-7,12-14H2,(H,28,30)(H,31,33)/t17-,23-. The van der Waals surface area contributed by atoms with Gasteiger partial charge < -0.3 is 15.7 Å². The van der Waals surface area contributed by atoms with E-state index >= 15 is 0 Å². The van der Waals surface area contributed by atoms with Crippen LogP contribution in [-0.2, 0) is 16.6 Å². The predicted molar refractivity (Wildman–Crippen MR) is 127 cm³/mol. The van der Waals surface area contributed by atoms with Crippen LogP contribution >= 0.6 is 11.3 Å². The van der Waals surface area contributed by atoms with E-state index in [0.29, 0.717) is 35.5 Å². The normalized spacial score (nSPS) is 23.7. The van der Waals surface area contributed by atoms with Gasteiger partial charge in [-0.1, -0.05) is 0 Å². The summed E-state index contributed by atoms with van der Waals surface area (Å²) < 4.78 is 39.3. The number of nitrogens with zero attached hydrogens (tertiary/aromatic N) is 3. The number of carbonyl (C=O) groups excluding carboxylic acids is 1. The quantitative estimate of drug-likeness (QED) is 0.473. The molecule has 0 spiro atoms. The molecule has 35 heavy (non-hydrogen) atoms. The van der Waals surface area contributed by atoms with Crippen molar-refractivity contribution < 1.29 is 23.1 Å². The molecule has 3 heterocycles. The summed E-state index contributed by atoms with van der Waals surface area (Å²) in [4.78, 5) is 23.2. The van der Waals surface area contributed by atoms with Gasteiger partial charge in [-0.3, -0.25) is 14.7 Å². The van der Waals surface area contributed by atoms with E-state index in [1.807, 2.05) is 5.38 Å². The zero-order chi connectivity index (χ0) is 24.6. The number of rotatable bonds is 6. The van der Waals surface area contributed by atoms with E-state index in [1.165, 1.54) is 23.6 Å². The van der Waals surface area contributed by atoms with Crippen LogP contribution in [-0.4, -0.2) is 57.6 Å². The van der Waals surface area contributed by atoms with Crippen molar-refractivity contribution in [3.8, 4) is 0 Å². The lowest BCUT2D eigenvalue weighted by Gasteiger charge is -2.47. The first kappa shape index (κ1) is 24.0. The Hall–Kier alpha value is -2.76. The summed E-state index contributed by atoms with van der Waals surface area (Å²) in [5.41, 5.74) is -0.728. The molecular weight excluding hydrogens is 479 g/mol. The molecule has 7 nitrogen and oxygen atoms in total. The molecule has 3 N–H and O–H groups in total. The minimum absolute atomic E-state index is 0.0371. The van der Waals surface area contributed by atoms with Gasteiger partial charge in [-0.2, -0.15) is 13.2 Å². The summed E-state index contributed by atoms with van der Waals surface area (Å²) in [5.74, 6) is -0.214. The van der Waals surface area contributed by atoms with E-state index in [9.17, 15) is 23.1 Å². The molecule has 5 rings (SSSR count). The van der Waals surface area contributed by atoms with Gasteiger partial charge in [0.25, 0.3) is 0 Å². The fourth-order valence-electron chi connectivity index (χ4n) is 4.95. The van der Waals surface area contributed by atoms with Gasteiger partial charge >= 0.3 is 6.18 Å². The number of likely N-dealkylation sites (tertiary alicyclic amines) is 1. The van der Waals surface area contributed by atoms with E-state index in [-0.39, 0.29) is 18.5 Å². The van der Waals surface area contributed by atoms with Crippen molar-refractivity contribution in [1.29, 1.82) is 0 Å². The monoisotopic (exact) mass is 505 g/mol. The Labute approximate surface area is 204 Å². The van der Waals surface area contributed by atoms with Crippen molar-refractivity contribution in [2.24, 2.45) is 0 Å². The lowest BCUT2D eigenvalue weighted by Crippen LogP contribution is -2.63. The van der Waals surface area contributed by atoms with E-state index in [2.05, 4.69) is 25.5 Å². The maximum absolute atomic E-state index is 13.1. The highest BCUT2D eigenvalue weighted by Gasteiger charge is 2.41. The summed E-state index contributed by atoms with van der Waals surface area (Å²) in [6, 6.07) is 5.36. The number of aromatic nitrogens is 2. The second-order valence-electron chi connectivity index (χ2n) is 9.26. The molecule has 1 aliphatic heterocycles. The lowest BCUT2D eigenvalue weighted by atomic mass is 9.81. The molecule has 2 aliphatic rings. The van der Waals surface area contributed by atoms with Crippen molar-refractivity contribution in [1.82, 2.24) is 20.2 Å². The number of hydrogen-bond donors (Lipinski definition) is 3. The molecule has 0 atom stereocenters. The third-order valence-corrected chi connectivity index (χ3v) is 7.88. The topological polar surface area (TPSA) is 90.4 Å². The van der Waals surface area contributed by atoms with Crippen LogP contribution in [0.15, 0.2) is 42.0 Å². The number of hydrogen-bond acceptors (Lipinski definition) is 7. The van der Waals surface area contributed by atoms with Crippen LogP contribution in [0, 0.1) is 0 Å². The highest BCUT2D eigenvalue weighted by molar-refractivity contribution is 7.09. The SMILES string of the molecule is O=C(CNc1ccnc2ccc(C(F)(F)F)cc12)NC1CN([C@H]2CC[C@@](O)(c3nccs3)CC2)C1. The number of thiazole rings is 1. The largest absolute Gasteiger partial charge is 0.416 e. The maximum Gasteiger partial charge on any atom is 0.416 e. The second kappa shape index (κ2) is 9.36. The van der Waals surface area contributed by atoms with Crippen molar-refractivity contribution in [3.05, 3.63) is 52.6 Å². The number of alkyl halides is 3. The first-order chi connectivity index (χ1) is 16.7. The zero-order valence-electron chi connectivity index (χ0n) is 18.9. The van der Waals surface area contributed by atoms with E-state index in [4.69, 9.17) is 0 Å². The minimum atomic E-state index is -4.45. The van der Waals surface area contributed by atoms with E-state index in [0.717, 1.165) is 43.1 Å². The summed E-state index contributed by atoms with van der Waals surface area (Å²) in [7, 11) is 0. The molecule has 1 saturated carbocycles. The number of carbonyl (C=O) groups is 1. The van der Waals surface area contributed by atoms with Gasteiger partial charge in [0.1, 0.15) is 10.6 Å². The lowest BCUT2D eigenvalue weighted by molar-refractivity contribution is -0.137. The van der Waals surface area contributed by atoms with Crippen LogP contribution in [0.5, 0.6) is 0 Å². The summed E-state index contributed by atoms with van der Waals surface area (Å²) in [5, 5.41) is 19.8. The molecule has 3 aromatic rings. The van der Waals surface area contributed by atoms with Crippen LogP contribution in [0.3, 0.4) is 0 Å². The molecule has 11 heteroatoms. The number of fused-ring (bicyclic) bond motifs is 1. The first-order valence-electron chi connectivity index (χ1n) is 11.6. The number of anilines is 1. The maximum atomic E-state index is 13.1. The molecular formula is C24H26F3N5O2S. The average molecular weight is 506 g/mol. The highest BCUT2D eigenvalue weighted by Crippen LogP contribution is 2.40. The van der Waals surface area contributed by atoms with Crippen LogP contribution < -0.4 is 10.6 Å².